The number of aliphatic carboxylic acids is 1. The van der Waals surface area contributed by atoms with Gasteiger partial charge in [0.05, 0.1) is 0 Å². The van der Waals surface area contributed by atoms with Crippen molar-refractivity contribution in [3.05, 3.63) is 0 Å². The fraction of sp³-hybridized carbons (Fsp3) is 0.833. The molecule has 3 N–H and O–H groups in total. The third-order valence-corrected chi connectivity index (χ3v) is 3.47. The maximum absolute atomic E-state index is 12.0. The molecular weight excluding hydrogens is 250 g/mol. The molecule has 1 heterocycles. The number of likely N-dealkylation sites (N-methyl/N-ethyl adjacent to an activating group) is 1. The molecule has 1 fully saturated rings. The summed E-state index contributed by atoms with van der Waals surface area (Å²) >= 11 is 0. The third kappa shape index (κ3) is 4.36. The molecule has 0 aromatic heterocycles. The Hall–Kier alpha value is -1.34. The number of hydrogen-bond acceptors (Lipinski definition) is 4. The van der Waals surface area contributed by atoms with Crippen LogP contribution in [-0.2, 0) is 4.79 Å². The number of carboxylic acids is 1. The fourth-order valence-corrected chi connectivity index (χ4v) is 2.28. The van der Waals surface area contributed by atoms with Gasteiger partial charge in [-0.05, 0) is 13.5 Å². The van der Waals surface area contributed by atoms with Gasteiger partial charge >= 0.3 is 12.0 Å². The lowest BCUT2D eigenvalue weighted by Gasteiger charge is -2.39. The second-order valence-corrected chi connectivity index (χ2v) is 4.78. The molecule has 2 atom stereocenters. The lowest BCUT2D eigenvalue weighted by molar-refractivity contribution is -0.139. The molecule has 0 saturated carbocycles. The van der Waals surface area contributed by atoms with Crippen LogP contribution in [0.3, 0.4) is 0 Å². The number of carbonyl (C=O) groups excluding carboxylic acids is 1. The number of rotatable bonds is 5. The summed E-state index contributed by atoms with van der Waals surface area (Å²) in [5.74, 6) is -1.12. The van der Waals surface area contributed by atoms with Gasteiger partial charge in [0.2, 0.25) is 0 Å². The van der Waals surface area contributed by atoms with E-state index in [1.54, 1.807) is 4.90 Å². The van der Waals surface area contributed by atoms with Gasteiger partial charge in [-0.1, -0.05) is 6.92 Å². The lowest BCUT2D eigenvalue weighted by Crippen LogP contribution is -2.57. The summed E-state index contributed by atoms with van der Waals surface area (Å²) in [5.41, 5.74) is 0. The normalized spacial score (nSPS) is 22.1. The number of carboxylic acid groups (broad SMARTS) is 1. The van der Waals surface area contributed by atoms with Crippen LogP contribution >= 0.6 is 0 Å². The van der Waals surface area contributed by atoms with Crippen LogP contribution in [0.15, 0.2) is 0 Å². The molecule has 110 valence electrons. The Morgan fingerprint density at radius 3 is 2.58 bits per heavy atom. The third-order valence-electron chi connectivity index (χ3n) is 3.47. The van der Waals surface area contributed by atoms with Crippen molar-refractivity contribution in [2.75, 3.05) is 32.8 Å². The zero-order chi connectivity index (χ0) is 14.4. The summed E-state index contributed by atoms with van der Waals surface area (Å²) in [4.78, 5) is 26.8. The predicted octanol–water partition coefficient (Wildman–Crippen LogP) is -0.442. The standard InChI is InChI=1S/C12H23N3O4/c1-3-14-5-6-15(8-9(14)2)12(19)13-10(4-7-16)11(17)18/h9-10,16H,3-8H2,1-2H3,(H,13,19)(H,17,18). The molecule has 7 heteroatoms. The first kappa shape index (κ1) is 15.7. The van der Waals surface area contributed by atoms with Gasteiger partial charge in [0.25, 0.3) is 0 Å². The quantitative estimate of drug-likeness (QED) is 0.631. The van der Waals surface area contributed by atoms with E-state index >= 15 is 0 Å². The lowest BCUT2D eigenvalue weighted by atomic mass is 10.2. The summed E-state index contributed by atoms with van der Waals surface area (Å²) in [6, 6.07) is -1.13. The van der Waals surface area contributed by atoms with Crippen molar-refractivity contribution in [2.45, 2.75) is 32.4 Å². The van der Waals surface area contributed by atoms with Gasteiger partial charge in [-0.15, -0.1) is 0 Å². The fourth-order valence-electron chi connectivity index (χ4n) is 2.28. The molecule has 1 aliphatic rings. The van der Waals surface area contributed by atoms with Gasteiger partial charge in [0, 0.05) is 38.7 Å². The number of aliphatic hydroxyl groups excluding tert-OH is 1. The van der Waals surface area contributed by atoms with Gasteiger partial charge in [-0.3, -0.25) is 4.90 Å². The number of aliphatic hydroxyl groups is 1. The summed E-state index contributed by atoms with van der Waals surface area (Å²) in [7, 11) is 0. The number of nitrogens with zero attached hydrogens (tertiary/aromatic N) is 2. The molecule has 0 bridgehead atoms. The molecular formula is C12H23N3O4. The van der Waals surface area contributed by atoms with Crippen LogP contribution in [0, 0.1) is 0 Å². The van der Waals surface area contributed by atoms with E-state index in [1.807, 2.05) is 6.92 Å². The monoisotopic (exact) mass is 273 g/mol. The zero-order valence-corrected chi connectivity index (χ0v) is 11.5. The predicted molar refractivity (Wildman–Crippen MR) is 69.9 cm³/mol. The van der Waals surface area contributed by atoms with E-state index in [1.165, 1.54) is 0 Å². The zero-order valence-electron chi connectivity index (χ0n) is 11.5. The second-order valence-electron chi connectivity index (χ2n) is 4.78. The van der Waals surface area contributed by atoms with Crippen LogP contribution in [0.4, 0.5) is 4.79 Å². The number of urea groups is 1. The smallest absolute Gasteiger partial charge is 0.326 e. The largest absolute Gasteiger partial charge is 0.480 e. The highest BCUT2D eigenvalue weighted by molar-refractivity contribution is 5.82. The second kappa shape index (κ2) is 7.30. The van der Waals surface area contributed by atoms with E-state index < -0.39 is 12.0 Å². The van der Waals surface area contributed by atoms with Crippen LogP contribution < -0.4 is 5.32 Å². The Bertz CT molecular complexity index is 324. The van der Waals surface area contributed by atoms with Gasteiger partial charge in [-0.2, -0.15) is 0 Å². The van der Waals surface area contributed by atoms with Gasteiger partial charge in [0.15, 0.2) is 0 Å². The summed E-state index contributed by atoms with van der Waals surface area (Å²) in [5, 5.41) is 20.2. The SMILES string of the molecule is CCN1CCN(C(=O)NC(CCO)C(=O)O)CC1C. The van der Waals surface area contributed by atoms with Crippen molar-refractivity contribution < 1.29 is 19.8 Å². The molecule has 0 aromatic rings. The molecule has 2 unspecified atom stereocenters. The average molecular weight is 273 g/mol. The number of hydrogen-bond donors (Lipinski definition) is 3. The molecule has 2 amide bonds. The first-order valence-electron chi connectivity index (χ1n) is 6.62. The molecule has 0 aliphatic carbocycles. The van der Waals surface area contributed by atoms with Crippen molar-refractivity contribution in [1.82, 2.24) is 15.1 Å². The maximum Gasteiger partial charge on any atom is 0.326 e. The summed E-state index contributed by atoms with van der Waals surface area (Å²) in [6.45, 7) is 6.78. The number of nitrogens with one attached hydrogen (secondary N) is 1. The molecule has 0 aromatic carbocycles. The van der Waals surface area contributed by atoms with E-state index in [-0.39, 0.29) is 25.1 Å². The molecule has 0 radical (unpaired) electrons. The Balaban J connectivity index is 2.51. The van der Waals surface area contributed by atoms with Crippen molar-refractivity contribution in [3.8, 4) is 0 Å². The van der Waals surface area contributed by atoms with Crippen LogP contribution in [-0.4, -0.2) is 76.9 Å². The molecule has 7 nitrogen and oxygen atoms in total. The molecule has 19 heavy (non-hydrogen) atoms. The van der Waals surface area contributed by atoms with Crippen LogP contribution in [0.2, 0.25) is 0 Å². The van der Waals surface area contributed by atoms with Crippen molar-refractivity contribution in [1.29, 1.82) is 0 Å². The number of piperazine rings is 1. The van der Waals surface area contributed by atoms with Crippen LogP contribution in [0.25, 0.3) is 0 Å². The Morgan fingerprint density at radius 2 is 2.11 bits per heavy atom. The van der Waals surface area contributed by atoms with Crippen LogP contribution in [0.5, 0.6) is 0 Å². The Kier molecular flexibility index (Phi) is 6.04. The highest BCUT2D eigenvalue weighted by Crippen LogP contribution is 2.09. The molecule has 1 saturated heterocycles. The van der Waals surface area contributed by atoms with Gasteiger partial charge < -0.3 is 20.4 Å². The highest BCUT2D eigenvalue weighted by Gasteiger charge is 2.28. The van der Waals surface area contributed by atoms with Gasteiger partial charge in [-0.25, -0.2) is 9.59 Å². The number of carbonyl (C=O) groups is 2. The minimum atomic E-state index is -1.12. The van der Waals surface area contributed by atoms with Crippen molar-refractivity contribution in [2.24, 2.45) is 0 Å². The van der Waals surface area contributed by atoms with E-state index in [0.29, 0.717) is 13.1 Å². The maximum atomic E-state index is 12.0. The van der Waals surface area contributed by atoms with Gasteiger partial charge in [0.1, 0.15) is 6.04 Å². The summed E-state index contributed by atoms with van der Waals surface area (Å²) < 4.78 is 0. The molecule has 1 aliphatic heterocycles. The number of amides is 2. The molecule has 0 spiro atoms. The van der Waals surface area contributed by atoms with Crippen molar-refractivity contribution in [3.63, 3.8) is 0 Å². The Labute approximate surface area is 113 Å². The topological polar surface area (TPSA) is 93.1 Å². The van der Waals surface area contributed by atoms with E-state index in [0.717, 1.165) is 13.1 Å². The van der Waals surface area contributed by atoms with Crippen molar-refractivity contribution >= 4 is 12.0 Å². The minimum Gasteiger partial charge on any atom is -0.480 e. The highest BCUT2D eigenvalue weighted by atomic mass is 16.4. The Morgan fingerprint density at radius 1 is 1.42 bits per heavy atom. The van der Waals surface area contributed by atoms with E-state index in [9.17, 15) is 9.59 Å². The van der Waals surface area contributed by atoms with Crippen LogP contribution in [0.1, 0.15) is 20.3 Å². The van der Waals surface area contributed by atoms with E-state index in [2.05, 4.69) is 17.1 Å². The van der Waals surface area contributed by atoms with E-state index in [4.69, 9.17) is 10.2 Å². The first-order valence-corrected chi connectivity index (χ1v) is 6.62. The average Bonchev–Trinajstić information content (AvgIpc) is 2.37. The summed E-state index contributed by atoms with van der Waals surface area (Å²) in [6.07, 6.45) is 0.0194. The minimum absolute atomic E-state index is 0.0194. The first-order chi connectivity index (χ1) is 8.99. The molecule has 1 rings (SSSR count).